The molecule has 21 heavy (non-hydrogen) atoms. The molecule has 0 aromatic carbocycles. The van der Waals surface area contributed by atoms with Gasteiger partial charge >= 0.3 is 0 Å². The molecule has 1 aliphatic heterocycles. The maximum Gasteiger partial charge on any atom is 0.248 e. The van der Waals surface area contributed by atoms with Crippen LogP contribution in [0.2, 0.25) is 0 Å². The van der Waals surface area contributed by atoms with Gasteiger partial charge in [-0.1, -0.05) is 39.0 Å². The molecule has 1 saturated carbocycles. The van der Waals surface area contributed by atoms with E-state index in [0.717, 1.165) is 25.8 Å². The lowest BCUT2D eigenvalue weighted by atomic mass is 9.94. The minimum absolute atomic E-state index is 0.0307. The van der Waals surface area contributed by atoms with Crippen LogP contribution in [0.25, 0.3) is 0 Å². The summed E-state index contributed by atoms with van der Waals surface area (Å²) in [5.74, 6) is 0.520. The Morgan fingerprint density at radius 1 is 1.14 bits per heavy atom. The highest BCUT2D eigenvalue weighted by molar-refractivity contribution is 5.93. The van der Waals surface area contributed by atoms with E-state index in [1.165, 1.54) is 32.1 Å². The maximum atomic E-state index is 12.8. The van der Waals surface area contributed by atoms with Gasteiger partial charge in [0.15, 0.2) is 0 Å². The third kappa shape index (κ3) is 4.21. The molecular formula is C17H30N2O2. The predicted molar refractivity (Wildman–Crippen MR) is 83.8 cm³/mol. The Balaban J connectivity index is 1.83. The highest BCUT2D eigenvalue weighted by Gasteiger charge is 2.50. The molecule has 0 bridgehead atoms. The first-order valence-electron chi connectivity index (χ1n) is 8.68. The first-order valence-corrected chi connectivity index (χ1v) is 8.68. The zero-order chi connectivity index (χ0) is 15.3. The summed E-state index contributed by atoms with van der Waals surface area (Å²) in [4.78, 5) is 26.6. The van der Waals surface area contributed by atoms with E-state index in [1.807, 2.05) is 11.8 Å². The average Bonchev–Trinajstić information content (AvgIpc) is 3.29. The highest BCUT2D eigenvalue weighted by Crippen LogP contribution is 2.41. The molecule has 2 fully saturated rings. The Morgan fingerprint density at radius 3 is 2.48 bits per heavy atom. The fourth-order valence-electron chi connectivity index (χ4n) is 3.31. The van der Waals surface area contributed by atoms with E-state index in [-0.39, 0.29) is 11.8 Å². The molecule has 1 saturated heterocycles. The van der Waals surface area contributed by atoms with Crippen molar-refractivity contribution in [2.24, 2.45) is 5.92 Å². The zero-order valence-corrected chi connectivity index (χ0v) is 13.6. The van der Waals surface area contributed by atoms with Gasteiger partial charge in [-0.3, -0.25) is 9.59 Å². The smallest absolute Gasteiger partial charge is 0.248 e. The number of unbranched alkanes of at least 4 members (excludes halogenated alkanes) is 5. The number of amides is 2. The summed E-state index contributed by atoms with van der Waals surface area (Å²) >= 11 is 0. The summed E-state index contributed by atoms with van der Waals surface area (Å²) in [7, 11) is 0. The molecule has 1 aliphatic carbocycles. The number of rotatable bonds is 8. The van der Waals surface area contributed by atoms with Crippen molar-refractivity contribution in [1.82, 2.24) is 10.2 Å². The molecular weight excluding hydrogens is 264 g/mol. The van der Waals surface area contributed by atoms with Crippen LogP contribution in [0.4, 0.5) is 0 Å². The van der Waals surface area contributed by atoms with E-state index in [0.29, 0.717) is 18.9 Å². The molecule has 4 nitrogen and oxygen atoms in total. The lowest BCUT2D eigenvalue weighted by molar-refractivity contribution is -0.139. The molecule has 1 unspecified atom stereocenters. The standard InChI is InChI=1S/C17H30N2O2/c1-3-4-5-6-7-8-12-19-13-11-15(20)18-17(2,16(19)21)14-9-10-14/h14H,3-13H2,1-2H3,(H,18,20). The van der Waals surface area contributed by atoms with E-state index in [4.69, 9.17) is 0 Å². The first kappa shape index (κ1) is 16.3. The summed E-state index contributed by atoms with van der Waals surface area (Å²) in [6.07, 6.45) is 9.94. The van der Waals surface area contributed by atoms with Gasteiger partial charge in [-0.05, 0) is 32.1 Å². The van der Waals surface area contributed by atoms with Gasteiger partial charge in [0, 0.05) is 19.5 Å². The van der Waals surface area contributed by atoms with Crippen LogP contribution in [0.15, 0.2) is 0 Å². The number of carbonyl (C=O) groups is 2. The molecule has 2 amide bonds. The van der Waals surface area contributed by atoms with Crippen molar-refractivity contribution < 1.29 is 9.59 Å². The van der Waals surface area contributed by atoms with Crippen LogP contribution in [0.1, 0.15) is 71.6 Å². The van der Waals surface area contributed by atoms with Gasteiger partial charge in [-0.25, -0.2) is 0 Å². The van der Waals surface area contributed by atoms with Crippen LogP contribution in [0.3, 0.4) is 0 Å². The largest absolute Gasteiger partial charge is 0.342 e. The second-order valence-corrected chi connectivity index (χ2v) is 6.83. The second kappa shape index (κ2) is 7.28. The number of nitrogens with one attached hydrogen (secondary N) is 1. The Hall–Kier alpha value is -1.06. The Morgan fingerprint density at radius 2 is 1.81 bits per heavy atom. The number of hydrogen-bond acceptors (Lipinski definition) is 2. The Kier molecular flexibility index (Phi) is 5.65. The topological polar surface area (TPSA) is 49.4 Å². The van der Waals surface area contributed by atoms with Crippen LogP contribution in [0, 0.1) is 5.92 Å². The minimum Gasteiger partial charge on any atom is -0.342 e. The normalized spacial score (nSPS) is 26.7. The lowest BCUT2D eigenvalue weighted by Crippen LogP contribution is -2.56. The van der Waals surface area contributed by atoms with E-state index in [2.05, 4.69) is 12.2 Å². The van der Waals surface area contributed by atoms with Gasteiger partial charge in [-0.2, -0.15) is 0 Å². The van der Waals surface area contributed by atoms with Gasteiger partial charge in [0.25, 0.3) is 0 Å². The van der Waals surface area contributed by atoms with Crippen molar-refractivity contribution in [2.75, 3.05) is 13.1 Å². The van der Waals surface area contributed by atoms with Gasteiger partial charge in [-0.15, -0.1) is 0 Å². The summed E-state index contributed by atoms with van der Waals surface area (Å²) in [6.45, 7) is 5.53. The fraction of sp³-hybridized carbons (Fsp3) is 0.882. The monoisotopic (exact) mass is 294 g/mol. The van der Waals surface area contributed by atoms with E-state index >= 15 is 0 Å². The molecule has 120 valence electrons. The third-order valence-corrected chi connectivity index (χ3v) is 4.91. The third-order valence-electron chi connectivity index (χ3n) is 4.91. The van der Waals surface area contributed by atoms with Crippen molar-refractivity contribution in [3.05, 3.63) is 0 Å². The molecule has 0 radical (unpaired) electrons. The van der Waals surface area contributed by atoms with Crippen LogP contribution >= 0.6 is 0 Å². The molecule has 1 N–H and O–H groups in total. The van der Waals surface area contributed by atoms with Gasteiger partial charge in [0.05, 0.1) is 0 Å². The second-order valence-electron chi connectivity index (χ2n) is 6.83. The molecule has 0 spiro atoms. The van der Waals surface area contributed by atoms with Crippen LogP contribution < -0.4 is 5.32 Å². The summed E-state index contributed by atoms with van der Waals surface area (Å²) in [5, 5.41) is 2.99. The van der Waals surface area contributed by atoms with Crippen molar-refractivity contribution in [3.8, 4) is 0 Å². The molecule has 0 aromatic heterocycles. The quantitative estimate of drug-likeness (QED) is 0.700. The molecule has 1 atom stereocenters. The molecule has 0 aromatic rings. The first-order chi connectivity index (χ1) is 10.1. The molecule has 2 rings (SSSR count). The summed E-state index contributed by atoms with van der Waals surface area (Å²) in [6, 6.07) is 0. The number of hydrogen-bond donors (Lipinski definition) is 1. The lowest BCUT2D eigenvalue weighted by Gasteiger charge is -2.32. The van der Waals surface area contributed by atoms with Crippen molar-refractivity contribution >= 4 is 11.8 Å². The summed E-state index contributed by atoms with van der Waals surface area (Å²) < 4.78 is 0. The van der Waals surface area contributed by atoms with Gasteiger partial charge in [0.1, 0.15) is 5.54 Å². The van der Waals surface area contributed by atoms with E-state index in [9.17, 15) is 9.59 Å². The number of nitrogens with zero attached hydrogens (tertiary/aromatic N) is 1. The SMILES string of the molecule is CCCCCCCCN1CCC(=O)NC(C)(C2CC2)C1=O. The van der Waals surface area contributed by atoms with Crippen molar-refractivity contribution in [3.63, 3.8) is 0 Å². The minimum atomic E-state index is -0.643. The van der Waals surface area contributed by atoms with Crippen LogP contribution in [-0.4, -0.2) is 35.3 Å². The Bertz CT molecular complexity index is 379. The van der Waals surface area contributed by atoms with Crippen molar-refractivity contribution in [2.45, 2.75) is 77.2 Å². The summed E-state index contributed by atoms with van der Waals surface area (Å²) in [5.41, 5.74) is -0.643. The van der Waals surface area contributed by atoms with Crippen molar-refractivity contribution in [1.29, 1.82) is 0 Å². The molecule has 1 heterocycles. The van der Waals surface area contributed by atoms with E-state index < -0.39 is 5.54 Å². The molecule has 4 heteroatoms. The predicted octanol–water partition coefficient (Wildman–Crippen LogP) is 2.86. The zero-order valence-electron chi connectivity index (χ0n) is 13.6. The van der Waals surface area contributed by atoms with Gasteiger partial charge < -0.3 is 10.2 Å². The highest BCUT2D eigenvalue weighted by atomic mass is 16.2. The van der Waals surface area contributed by atoms with E-state index in [1.54, 1.807) is 0 Å². The Labute approximate surface area is 128 Å². The van der Waals surface area contributed by atoms with Gasteiger partial charge in [0.2, 0.25) is 11.8 Å². The fourth-order valence-corrected chi connectivity index (χ4v) is 3.31. The van der Waals surface area contributed by atoms with Crippen LogP contribution in [-0.2, 0) is 9.59 Å². The average molecular weight is 294 g/mol. The van der Waals surface area contributed by atoms with Crippen LogP contribution in [0.5, 0.6) is 0 Å². The maximum absolute atomic E-state index is 12.8. The molecule has 2 aliphatic rings. The number of carbonyl (C=O) groups excluding carboxylic acids is 2.